The van der Waals surface area contributed by atoms with Crippen LogP contribution in [0.4, 0.5) is 0 Å². The Bertz CT molecular complexity index is 503. The first-order valence-electron chi connectivity index (χ1n) is 8.56. The first kappa shape index (κ1) is 21.0. The second kappa shape index (κ2) is 11.5. The van der Waals surface area contributed by atoms with Gasteiger partial charge in [0, 0.05) is 19.7 Å². The van der Waals surface area contributed by atoms with Gasteiger partial charge in [-0.1, -0.05) is 12.1 Å². The standard InChI is InChI=1S/C18H29N3O2.HI/c1-4-19-18(21-13-17-9-6-10-22-17)20-12-15-7-5-8-16(11-15)23-14(2)3;/h5,7-8,11,14,17H,4,6,9-10,12-13H2,1-3H3,(H2,19,20,21);1H. The van der Waals surface area contributed by atoms with Crippen molar-refractivity contribution in [1.82, 2.24) is 10.6 Å². The van der Waals surface area contributed by atoms with Crippen LogP contribution in [0, 0.1) is 0 Å². The summed E-state index contributed by atoms with van der Waals surface area (Å²) in [4.78, 5) is 4.65. The summed E-state index contributed by atoms with van der Waals surface area (Å²) in [6.45, 7) is 9.28. The van der Waals surface area contributed by atoms with E-state index in [9.17, 15) is 0 Å². The molecule has 0 bridgehead atoms. The zero-order valence-corrected chi connectivity index (χ0v) is 17.2. The fraction of sp³-hybridized carbons (Fsp3) is 0.611. The van der Waals surface area contributed by atoms with Crippen LogP contribution in [0.5, 0.6) is 5.75 Å². The van der Waals surface area contributed by atoms with Crippen LogP contribution in [-0.4, -0.2) is 37.9 Å². The van der Waals surface area contributed by atoms with Crippen molar-refractivity contribution in [2.24, 2.45) is 4.99 Å². The van der Waals surface area contributed by atoms with E-state index >= 15 is 0 Å². The second-order valence-corrected chi connectivity index (χ2v) is 6.03. The van der Waals surface area contributed by atoms with E-state index < -0.39 is 0 Å². The van der Waals surface area contributed by atoms with E-state index in [1.807, 2.05) is 32.0 Å². The molecule has 1 heterocycles. The van der Waals surface area contributed by atoms with E-state index in [-0.39, 0.29) is 30.1 Å². The molecule has 136 valence electrons. The highest BCUT2D eigenvalue weighted by molar-refractivity contribution is 14.0. The minimum Gasteiger partial charge on any atom is -0.491 e. The van der Waals surface area contributed by atoms with Gasteiger partial charge >= 0.3 is 0 Å². The first-order valence-corrected chi connectivity index (χ1v) is 8.56. The zero-order valence-electron chi connectivity index (χ0n) is 14.9. The van der Waals surface area contributed by atoms with Gasteiger partial charge < -0.3 is 20.1 Å². The molecule has 2 N–H and O–H groups in total. The molecule has 0 aliphatic carbocycles. The highest BCUT2D eigenvalue weighted by atomic mass is 127. The average Bonchev–Trinajstić information content (AvgIpc) is 3.03. The molecule has 1 aliphatic heterocycles. The number of hydrogen-bond donors (Lipinski definition) is 2. The number of aliphatic imine (C=N–C) groups is 1. The number of nitrogens with one attached hydrogen (secondary N) is 2. The van der Waals surface area contributed by atoms with Crippen molar-refractivity contribution in [3.63, 3.8) is 0 Å². The topological polar surface area (TPSA) is 54.9 Å². The van der Waals surface area contributed by atoms with Crippen molar-refractivity contribution in [3.8, 4) is 5.75 Å². The van der Waals surface area contributed by atoms with Crippen LogP contribution in [0.3, 0.4) is 0 Å². The average molecular weight is 447 g/mol. The normalized spacial score (nSPS) is 17.5. The Morgan fingerprint density at radius 1 is 1.38 bits per heavy atom. The van der Waals surface area contributed by atoms with Gasteiger partial charge in [-0.15, -0.1) is 24.0 Å². The lowest BCUT2D eigenvalue weighted by molar-refractivity contribution is 0.114. The summed E-state index contributed by atoms with van der Waals surface area (Å²) in [5.41, 5.74) is 1.14. The minimum absolute atomic E-state index is 0. The van der Waals surface area contributed by atoms with E-state index in [0.29, 0.717) is 12.6 Å². The maximum atomic E-state index is 5.73. The predicted molar refractivity (Wildman–Crippen MR) is 109 cm³/mol. The number of rotatable bonds is 7. The Balaban J connectivity index is 0.00000288. The molecule has 1 saturated heterocycles. The lowest BCUT2D eigenvalue weighted by Crippen LogP contribution is -2.41. The summed E-state index contributed by atoms with van der Waals surface area (Å²) in [5, 5.41) is 6.64. The van der Waals surface area contributed by atoms with Crippen LogP contribution in [-0.2, 0) is 11.3 Å². The van der Waals surface area contributed by atoms with Gasteiger partial charge in [0.2, 0.25) is 0 Å². The van der Waals surface area contributed by atoms with Gasteiger partial charge in [0.25, 0.3) is 0 Å². The van der Waals surface area contributed by atoms with Crippen LogP contribution < -0.4 is 15.4 Å². The molecule has 6 heteroatoms. The van der Waals surface area contributed by atoms with Gasteiger partial charge in [0.15, 0.2) is 5.96 Å². The third-order valence-electron chi connectivity index (χ3n) is 3.56. The molecule has 0 spiro atoms. The smallest absolute Gasteiger partial charge is 0.191 e. The van der Waals surface area contributed by atoms with Gasteiger partial charge in [-0.05, 0) is 51.3 Å². The van der Waals surface area contributed by atoms with Gasteiger partial charge in [-0.25, -0.2) is 4.99 Å². The molecule has 24 heavy (non-hydrogen) atoms. The van der Waals surface area contributed by atoms with Gasteiger partial charge in [-0.2, -0.15) is 0 Å². The molecular formula is C18H30IN3O2. The molecule has 5 nitrogen and oxygen atoms in total. The fourth-order valence-electron chi connectivity index (χ4n) is 2.52. The second-order valence-electron chi connectivity index (χ2n) is 6.03. The monoisotopic (exact) mass is 447 g/mol. The summed E-state index contributed by atoms with van der Waals surface area (Å²) in [7, 11) is 0. The van der Waals surface area contributed by atoms with Crippen LogP contribution in [0.2, 0.25) is 0 Å². The van der Waals surface area contributed by atoms with E-state index in [4.69, 9.17) is 9.47 Å². The largest absolute Gasteiger partial charge is 0.491 e. The van der Waals surface area contributed by atoms with Gasteiger partial charge in [0.1, 0.15) is 5.75 Å². The van der Waals surface area contributed by atoms with Gasteiger partial charge in [-0.3, -0.25) is 0 Å². The van der Waals surface area contributed by atoms with E-state index in [0.717, 1.165) is 49.8 Å². The molecule has 1 unspecified atom stereocenters. The summed E-state index contributed by atoms with van der Waals surface area (Å²) < 4.78 is 11.4. The fourth-order valence-corrected chi connectivity index (χ4v) is 2.52. The maximum absolute atomic E-state index is 5.73. The number of hydrogen-bond acceptors (Lipinski definition) is 3. The molecule has 1 aliphatic rings. The Morgan fingerprint density at radius 3 is 2.88 bits per heavy atom. The van der Waals surface area contributed by atoms with Crippen LogP contribution >= 0.6 is 24.0 Å². The zero-order chi connectivity index (χ0) is 16.5. The molecule has 1 fully saturated rings. The van der Waals surface area contributed by atoms with E-state index in [1.54, 1.807) is 0 Å². The quantitative estimate of drug-likeness (QED) is 0.383. The summed E-state index contributed by atoms with van der Waals surface area (Å²) >= 11 is 0. The van der Waals surface area contributed by atoms with Crippen molar-refractivity contribution in [1.29, 1.82) is 0 Å². The molecule has 0 saturated carbocycles. The molecule has 1 aromatic rings. The third-order valence-corrected chi connectivity index (χ3v) is 3.56. The van der Waals surface area contributed by atoms with E-state index in [2.05, 4.69) is 28.6 Å². The summed E-state index contributed by atoms with van der Waals surface area (Å²) in [6.07, 6.45) is 2.77. The Kier molecular flexibility index (Phi) is 10.1. The highest BCUT2D eigenvalue weighted by Gasteiger charge is 2.15. The van der Waals surface area contributed by atoms with Crippen molar-refractivity contribution in [3.05, 3.63) is 29.8 Å². The van der Waals surface area contributed by atoms with Crippen LogP contribution in [0.1, 0.15) is 39.2 Å². The molecule has 0 radical (unpaired) electrons. The van der Waals surface area contributed by atoms with Crippen molar-refractivity contribution < 1.29 is 9.47 Å². The maximum Gasteiger partial charge on any atom is 0.191 e. The number of ether oxygens (including phenoxy) is 2. The summed E-state index contributed by atoms with van der Waals surface area (Å²) in [5.74, 6) is 1.73. The molecular weight excluding hydrogens is 417 g/mol. The Morgan fingerprint density at radius 2 is 2.21 bits per heavy atom. The van der Waals surface area contributed by atoms with Crippen LogP contribution in [0.15, 0.2) is 29.3 Å². The molecule has 1 atom stereocenters. The molecule has 2 rings (SSSR count). The third kappa shape index (κ3) is 7.70. The van der Waals surface area contributed by atoms with Gasteiger partial charge in [0.05, 0.1) is 18.8 Å². The first-order chi connectivity index (χ1) is 11.2. The molecule has 1 aromatic carbocycles. The number of benzene rings is 1. The minimum atomic E-state index is 0. The Labute approximate surface area is 162 Å². The van der Waals surface area contributed by atoms with Crippen molar-refractivity contribution in [2.75, 3.05) is 19.7 Å². The molecule has 0 aromatic heterocycles. The lowest BCUT2D eigenvalue weighted by Gasteiger charge is -2.15. The van der Waals surface area contributed by atoms with Crippen molar-refractivity contribution >= 4 is 29.9 Å². The number of halogens is 1. The predicted octanol–water partition coefficient (Wildman–Crippen LogP) is 3.33. The summed E-state index contributed by atoms with van der Waals surface area (Å²) in [6, 6.07) is 8.11. The van der Waals surface area contributed by atoms with Crippen molar-refractivity contribution in [2.45, 2.75) is 52.4 Å². The van der Waals surface area contributed by atoms with E-state index in [1.165, 1.54) is 0 Å². The molecule has 0 amide bonds. The SMILES string of the molecule is CCNC(=NCc1cccc(OC(C)C)c1)NCC1CCCO1.I. The lowest BCUT2D eigenvalue weighted by atomic mass is 10.2. The number of guanidine groups is 1. The highest BCUT2D eigenvalue weighted by Crippen LogP contribution is 2.15. The van der Waals surface area contributed by atoms with Crippen LogP contribution in [0.25, 0.3) is 0 Å². The number of nitrogens with zero attached hydrogens (tertiary/aromatic N) is 1. The Hall–Kier alpha value is -1.02.